The van der Waals surface area contributed by atoms with E-state index in [1.165, 1.54) is 0 Å². The van der Waals surface area contributed by atoms with Crippen molar-refractivity contribution in [2.75, 3.05) is 32.8 Å². The average molecular weight is 248 g/mol. The molecule has 6 heteroatoms. The predicted octanol–water partition coefficient (Wildman–Crippen LogP) is 0.633. The number of alkyl carbamates (subject to hydrolysis) is 1. The van der Waals surface area contributed by atoms with E-state index in [4.69, 9.17) is 9.84 Å². The summed E-state index contributed by atoms with van der Waals surface area (Å²) in [6.45, 7) is 9.06. The SMILES string of the molecule is C[Si](C)(C)CCOC(=O)NCCNCCO. The van der Waals surface area contributed by atoms with Gasteiger partial charge in [-0.15, -0.1) is 0 Å². The Morgan fingerprint density at radius 1 is 1.25 bits per heavy atom. The lowest BCUT2D eigenvalue weighted by Gasteiger charge is -2.15. The van der Waals surface area contributed by atoms with E-state index < -0.39 is 8.07 Å². The summed E-state index contributed by atoms with van der Waals surface area (Å²) in [5.41, 5.74) is 0. The van der Waals surface area contributed by atoms with Crippen molar-refractivity contribution in [1.82, 2.24) is 10.6 Å². The summed E-state index contributed by atoms with van der Waals surface area (Å²) in [6.07, 6.45) is -0.357. The van der Waals surface area contributed by atoms with Crippen LogP contribution in [-0.2, 0) is 4.74 Å². The van der Waals surface area contributed by atoms with Gasteiger partial charge in [0.15, 0.2) is 0 Å². The first kappa shape index (κ1) is 15.4. The number of carbonyl (C=O) groups excluding carboxylic acids is 1. The average Bonchev–Trinajstić information content (AvgIpc) is 2.15. The molecule has 0 aromatic carbocycles. The molecule has 0 aliphatic heterocycles. The molecule has 16 heavy (non-hydrogen) atoms. The topological polar surface area (TPSA) is 70.6 Å². The molecule has 0 unspecified atom stereocenters. The number of carbonyl (C=O) groups is 1. The molecule has 5 nitrogen and oxygen atoms in total. The molecule has 0 atom stereocenters. The van der Waals surface area contributed by atoms with Gasteiger partial charge in [-0.3, -0.25) is 0 Å². The molecule has 0 saturated heterocycles. The van der Waals surface area contributed by atoms with Gasteiger partial charge in [0.25, 0.3) is 0 Å². The highest BCUT2D eigenvalue weighted by atomic mass is 28.3. The Kier molecular flexibility index (Phi) is 8.23. The van der Waals surface area contributed by atoms with Crippen molar-refractivity contribution >= 4 is 14.2 Å². The van der Waals surface area contributed by atoms with Crippen LogP contribution >= 0.6 is 0 Å². The Morgan fingerprint density at radius 3 is 2.50 bits per heavy atom. The summed E-state index contributed by atoms with van der Waals surface area (Å²) in [5.74, 6) is 0. The number of aliphatic hydroxyl groups excluding tert-OH is 1. The third-order valence-corrected chi connectivity index (χ3v) is 3.65. The van der Waals surface area contributed by atoms with Crippen molar-refractivity contribution < 1.29 is 14.6 Å². The van der Waals surface area contributed by atoms with Crippen LogP contribution in [0.15, 0.2) is 0 Å². The molecule has 96 valence electrons. The van der Waals surface area contributed by atoms with Crippen molar-refractivity contribution in [2.45, 2.75) is 25.7 Å². The minimum Gasteiger partial charge on any atom is -0.450 e. The molecule has 0 radical (unpaired) electrons. The lowest BCUT2D eigenvalue weighted by atomic mass is 10.6. The maximum absolute atomic E-state index is 11.2. The second-order valence-corrected chi connectivity index (χ2v) is 10.5. The Hall–Kier alpha value is -0.593. The number of rotatable bonds is 8. The van der Waals surface area contributed by atoms with Crippen molar-refractivity contribution in [1.29, 1.82) is 0 Å². The molecule has 1 amide bonds. The second-order valence-electron chi connectivity index (χ2n) is 4.85. The lowest BCUT2D eigenvalue weighted by molar-refractivity contribution is 0.152. The molecule has 0 spiro atoms. The summed E-state index contributed by atoms with van der Waals surface area (Å²) in [6, 6.07) is 0.989. The summed E-state index contributed by atoms with van der Waals surface area (Å²) in [5, 5.41) is 14.1. The zero-order valence-corrected chi connectivity index (χ0v) is 11.5. The molecule has 0 saturated carbocycles. The third kappa shape index (κ3) is 11.5. The van der Waals surface area contributed by atoms with Crippen molar-refractivity contribution in [3.8, 4) is 0 Å². The first-order valence-corrected chi connectivity index (χ1v) is 9.38. The Morgan fingerprint density at radius 2 is 1.94 bits per heavy atom. The minimum atomic E-state index is -1.12. The van der Waals surface area contributed by atoms with E-state index in [1.54, 1.807) is 0 Å². The molecule has 0 aliphatic rings. The van der Waals surface area contributed by atoms with Crippen LogP contribution in [0.2, 0.25) is 25.7 Å². The molecular formula is C10H24N2O3Si. The summed E-state index contributed by atoms with van der Waals surface area (Å²) in [7, 11) is -1.12. The molecule has 3 N–H and O–H groups in total. The molecule has 0 heterocycles. The van der Waals surface area contributed by atoms with Gasteiger partial charge in [0.2, 0.25) is 0 Å². The fraction of sp³-hybridized carbons (Fsp3) is 0.900. The van der Waals surface area contributed by atoms with Gasteiger partial charge in [-0.25, -0.2) is 4.79 Å². The standard InChI is InChI=1S/C10H24N2O3Si/c1-16(2,3)9-8-15-10(14)12-5-4-11-6-7-13/h11,13H,4-9H2,1-3H3,(H,12,14). The Labute approximate surface area is 98.6 Å². The van der Waals surface area contributed by atoms with E-state index in [0.29, 0.717) is 26.2 Å². The van der Waals surface area contributed by atoms with E-state index in [-0.39, 0.29) is 12.7 Å². The van der Waals surface area contributed by atoms with E-state index >= 15 is 0 Å². The van der Waals surface area contributed by atoms with Crippen LogP contribution in [0.25, 0.3) is 0 Å². The summed E-state index contributed by atoms with van der Waals surface area (Å²) >= 11 is 0. The first-order chi connectivity index (χ1) is 7.45. The van der Waals surface area contributed by atoms with Crippen LogP contribution in [0, 0.1) is 0 Å². The van der Waals surface area contributed by atoms with Gasteiger partial charge in [-0.2, -0.15) is 0 Å². The summed E-state index contributed by atoms with van der Waals surface area (Å²) in [4.78, 5) is 11.2. The third-order valence-electron chi connectivity index (χ3n) is 1.94. The maximum Gasteiger partial charge on any atom is 0.407 e. The van der Waals surface area contributed by atoms with Crippen LogP contribution in [-0.4, -0.2) is 52.1 Å². The summed E-state index contributed by atoms with van der Waals surface area (Å²) < 4.78 is 5.03. The van der Waals surface area contributed by atoms with Crippen molar-refractivity contribution in [3.63, 3.8) is 0 Å². The second kappa shape index (κ2) is 8.55. The van der Waals surface area contributed by atoms with Gasteiger partial charge in [-0.05, 0) is 6.04 Å². The number of hydrogen-bond acceptors (Lipinski definition) is 4. The molecule has 0 bridgehead atoms. The molecule has 0 rings (SSSR count). The molecule has 0 aromatic heterocycles. The van der Waals surface area contributed by atoms with Crippen molar-refractivity contribution in [3.05, 3.63) is 0 Å². The zero-order chi connectivity index (χ0) is 12.4. The van der Waals surface area contributed by atoms with Gasteiger partial charge in [0.1, 0.15) is 0 Å². The van der Waals surface area contributed by atoms with Gasteiger partial charge in [-0.1, -0.05) is 19.6 Å². The number of ether oxygens (including phenoxy) is 1. The highest BCUT2D eigenvalue weighted by Gasteiger charge is 2.13. The Bertz CT molecular complexity index is 195. The number of nitrogens with one attached hydrogen (secondary N) is 2. The van der Waals surface area contributed by atoms with Gasteiger partial charge in [0.05, 0.1) is 13.2 Å². The maximum atomic E-state index is 11.2. The number of amides is 1. The molecule has 0 aromatic rings. The van der Waals surface area contributed by atoms with Gasteiger partial charge >= 0.3 is 6.09 Å². The largest absolute Gasteiger partial charge is 0.450 e. The van der Waals surface area contributed by atoms with Gasteiger partial charge in [0, 0.05) is 27.7 Å². The fourth-order valence-corrected chi connectivity index (χ4v) is 1.67. The van der Waals surface area contributed by atoms with Gasteiger partial charge < -0.3 is 20.5 Å². The Balaban J connectivity index is 3.32. The van der Waals surface area contributed by atoms with Crippen molar-refractivity contribution in [2.24, 2.45) is 0 Å². The highest BCUT2D eigenvalue weighted by molar-refractivity contribution is 6.76. The minimum absolute atomic E-state index is 0.112. The smallest absolute Gasteiger partial charge is 0.407 e. The quantitative estimate of drug-likeness (QED) is 0.435. The van der Waals surface area contributed by atoms with Crippen LogP contribution in [0.4, 0.5) is 4.79 Å². The number of hydrogen-bond donors (Lipinski definition) is 3. The monoisotopic (exact) mass is 248 g/mol. The fourth-order valence-electron chi connectivity index (χ4n) is 0.958. The normalized spacial score (nSPS) is 11.2. The van der Waals surface area contributed by atoms with Crippen LogP contribution in [0.1, 0.15) is 0 Å². The van der Waals surface area contributed by atoms with E-state index in [2.05, 4.69) is 30.3 Å². The van der Waals surface area contributed by atoms with Crippen LogP contribution in [0.5, 0.6) is 0 Å². The van der Waals surface area contributed by atoms with E-state index in [9.17, 15) is 4.79 Å². The lowest BCUT2D eigenvalue weighted by Crippen LogP contribution is -2.34. The highest BCUT2D eigenvalue weighted by Crippen LogP contribution is 2.07. The zero-order valence-electron chi connectivity index (χ0n) is 10.5. The number of aliphatic hydroxyl groups is 1. The molecule has 0 fully saturated rings. The molecule has 0 aliphatic carbocycles. The predicted molar refractivity (Wildman–Crippen MR) is 67.5 cm³/mol. The molecular weight excluding hydrogens is 224 g/mol. The van der Waals surface area contributed by atoms with Crippen LogP contribution < -0.4 is 10.6 Å². The van der Waals surface area contributed by atoms with Crippen LogP contribution in [0.3, 0.4) is 0 Å². The first-order valence-electron chi connectivity index (χ1n) is 5.68. The van der Waals surface area contributed by atoms with E-state index in [0.717, 1.165) is 6.04 Å². The van der Waals surface area contributed by atoms with E-state index in [1.807, 2.05) is 0 Å².